The van der Waals surface area contributed by atoms with E-state index in [-0.39, 0.29) is 23.7 Å². The van der Waals surface area contributed by atoms with Crippen LogP contribution in [0.25, 0.3) is 11.1 Å². The second kappa shape index (κ2) is 8.22. The van der Waals surface area contributed by atoms with Gasteiger partial charge in [0.1, 0.15) is 6.10 Å². The monoisotopic (exact) mass is 432 g/mol. The van der Waals surface area contributed by atoms with Gasteiger partial charge in [-0.05, 0) is 77.4 Å². The summed E-state index contributed by atoms with van der Waals surface area (Å²) in [6.45, 7) is 12.1. The quantitative estimate of drug-likeness (QED) is 0.652. The van der Waals surface area contributed by atoms with Gasteiger partial charge in [-0.1, -0.05) is 70.2 Å². The van der Waals surface area contributed by atoms with Crippen molar-refractivity contribution in [2.75, 3.05) is 19.6 Å². The molecule has 2 bridgehead atoms. The fourth-order valence-corrected chi connectivity index (χ4v) is 5.92. The van der Waals surface area contributed by atoms with Crippen molar-refractivity contribution >= 4 is 6.09 Å². The molecule has 170 valence electrons. The Bertz CT molecular complexity index is 1000. The number of rotatable bonds is 4. The maximum absolute atomic E-state index is 12.9. The first kappa shape index (κ1) is 21.5. The van der Waals surface area contributed by atoms with E-state index >= 15 is 0 Å². The smallest absolute Gasteiger partial charge is 0.407 e. The van der Waals surface area contributed by atoms with Gasteiger partial charge in [-0.15, -0.1) is 0 Å². The molecule has 3 aliphatic heterocycles. The zero-order chi connectivity index (χ0) is 22.5. The molecule has 3 heterocycles. The maximum Gasteiger partial charge on any atom is 0.407 e. The minimum Gasteiger partial charge on any atom is -0.445 e. The summed E-state index contributed by atoms with van der Waals surface area (Å²) in [6, 6.07) is 15.5. The topological polar surface area (TPSA) is 41.6 Å². The Balaban J connectivity index is 1.33. The highest BCUT2D eigenvalue weighted by atomic mass is 16.6. The largest absolute Gasteiger partial charge is 0.445 e. The molecule has 1 unspecified atom stereocenters. The number of hydrogen-bond acceptors (Lipinski definition) is 3. The first-order valence-corrected chi connectivity index (χ1v) is 12.2. The fraction of sp³-hybridized carbons (Fsp3) is 0.536. The summed E-state index contributed by atoms with van der Waals surface area (Å²) in [5.74, 6) is 1.04. The zero-order valence-corrected chi connectivity index (χ0v) is 19.9. The predicted octanol–water partition coefficient (Wildman–Crippen LogP) is 5.92. The Morgan fingerprint density at radius 1 is 1.09 bits per heavy atom. The van der Waals surface area contributed by atoms with Gasteiger partial charge in [-0.2, -0.15) is 0 Å². The van der Waals surface area contributed by atoms with Crippen molar-refractivity contribution in [2.24, 2.45) is 11.3 Å². The molecule has 0 radical (unpaired) electrons. The summed E-state index contributed by atoms with van der Waals surface area (Å²) in [5, 5.41) is 3.24. The van der Waals surface area contributed by atoms with E-state index < -0.39 is 0 Å². The van der Waals surface area contributed by atoms with Crippen molar-refractivity contribution < 1.29 is 9.53 Å². The average molecular weight is 433 g/mol. The van der Waals surface area contributed by atoms with Gasteiger partial charge in [0.05, 0.1) is 6.04 Å². The standard InChI is InChI=1S/C28H36N2O2/c1-18(2)20-6-5-7-21(14-20)22-8-9-24-23(15-22)16-28(3,4)26(24)29-27(31)32-25-17-30-12-10-19(25)11-13-30/h5-9,14-15,18-19,25-26H,10-13,16-17H2,1-4H3,(H,29,31)/t25-,26?/m0/s1. The SMILES string of the molecule is CC(C)c1cccc(-c2ccc3c(c2)CC(C)(C)C3NC(=O)O[C@H]2CN3CCC2CC3)c1. The summed E-state index contributed by atoms with van der Waals surface area (Å²) >= 11 is 0. The number of nitrogens with zero attached hydrogens (tertiary/aromatic N) is 1. The number of carbonyl (C=O) groups is 1. The summed E-state index contributed by atoms with van der Waals surface area (Å²) < 4.78 is 5.93. The molecular formula is C28H36N2O2. The van der Waals surface area contributed by atoms with Crippen LogP contribution in [-0.2, 0) is 11.2 Å². The second-order valence-electron chi connectivity index (χ2n) is 11.0. The highest BCUT2D eigenvalue weighted by Gasteiger charge is 2.42. The van der Waals surface area contributed by atoms with E-state index in [2.05, 4.69) is 80.4 Å². The molecule has 2 atom stereocenters. The average Bonchev–Trinajstić information content (AvgIpc) is 3.03. The van der Waals surface area contributed by atoms with Crippen molar-refractivity contribution in [2.45, 2.75) is 65.0 Å². The minimum absolute atomic E-state index is 0.0258. The van der Waals surface area contributed by atoms with E-state index in [4.69, 9.17) is 4.74 Å². The molecule has 6 rings (SSSR count). The third-order valence-corrected chi connectivity index (χ3v) is 7.88. The first-order valence-electron chi connectivity index (χ1n) is 12.2. The number of benzene rings is 2. The summed E-state index contributed by atoms with van der Waals surface area (Å²) in [5.41, 5.74) is 6.38. The molecule has 4 aliphatic rings. The van der Waals surface area contributed by atoms with Gasteiger partial charge < -0.3 is 10.1 Å². The number of alkyl carbamates (subject to hydrolysis) is 1. The number of hydrogen-bond donors (Lipinski definition) is 1. The number of carbonyl (C=O) groups excluding carboxylic acids is 1. The van der Waals surface area contributed by atoms with Gasteiger partial charge in [-0.3, -0.25) is 4.90 Å². The molecule has 0 saturated carbocycles. The molecule has 1 amide bonds. The normalized spacial score (nSPS) is 27.9. The van der Waals surface area contributed by atoms with Crippen molar-refractivity contribution in [3.05, 3.63) is 59.2 Å². The van der Waals surface area contributed by atoms with Gasteiger partial charge in [-0.25, -0.2) is 4.79 Å². The van der Waals surface area contributed by atoms with Crippen molar-refractivity contribution in [1.29, 1.82) is 0 Å². The van der Waals surface area contributed by atoms with E-state index in [1.54, 1.807) is 0 Å². The summed E-state index contributed by atoms with van der Waals surface area (Å²) in [4.78, 5) is 15.3. The van der Waals surface area contributed by atoms with Crippen LogP contribution in [0.4, 0.5) is 4.79 Å². The van der Waals surface area contributed by atoms with Crippen LogP contribution >= 0.6 is 0 Å². The lowest BCUT2D eigenvalue weighted by Crippen LogP contribution is -2.53. The molecule has 0 spiro atoms. The molecule has 4 heteroatoms. The van der Waals surface area contributed by atoms with Crippen LogP contribution in [0.1, 0.15) is 69.2 Å². The van der Waals surface area contributed by atoms with Crippen LogP contribution in [0.3, 0.4) is 0 Å². The Kier molecular flexibility index (Phi) is 5.53. The predicted molar refractivity (Wildman–Crippen MR) is 129 cm³/mol. The van der Waals surface area contributed by atoms with Gasteiger partial charge in [0.2, 0.25) is 0 Å². The van der Waals surface area contributed by atoms with E-state index in [1.165, 1.54) is 27.8 Å². The molecular weight excluding hydrogens is 396 g/mol. The van der Waals surface area contributed by atoms with Crippen LogP contribution < -0.4 is 5.32 Å². The van der Waals surface area contributed by atoms with Crippen molar-refractivity contribution in [3.63, 3.8) is 0 Å². The van der Waals surface area contributed by atoms with Gasteiger partial charge in [0.25, 0.3) is 0 Å². The lowest BCUT2D eigenvalue weighted by atomic mass is 9.85. The second-order valence-corrected chi connectivity index (χ2v) is 11.0. The first-order chi connectivity index (χ1) is 15.3. The molecule has 0 aromatic heterocycles. The van der Waals surface area contributed by atoms with E-state index in [1.807, 2.05) is 0 Å². The lowest BCUT2D eigenvalue weighted by Gasteiger charge is -2.44. The number of fused-ring (bicyclic) bond motifs is 4. The Morgan fingerprint density at radius 3 is 2.53 bits per heavy atom. The van der Waals surface area contributed by atoms with Crippen LogP contribution in [0.5, 0.6) is 0 Å². The van der Waals surface area contributed by atoms with Crippen LogP contribution in [0.15, 0.2) is 42.5 Å². The third kappa shape index (κ3) is 4.05. The maximum atomic E-state index is 12.9. The Morgan fingerprint density at radius 2 is 1.84 bits per heavy atom. The zero-order valence-electron chi connectivity index (χ0n) is 19.9. The third-order valence-electron chi connectivity index (χ3n) is 7.88. The molecule has 4 nitrogen and oxygen atoms in total. The van der Waals surface area contributed by atoms with Crippen LogP contribution in [0.2, 0.25) is 0 Å². The summed E-state index contributed by atoms with van der Waals surface area (Å²) in [6.07, 6.45) is 3.03. The molecule has 2 aromatic rings. The fourth-order valence-electron chi connectivity index (χ4n) is 5.92. The molecule has 2 aromatic carbocycles. The molecule has 3 fully saturated rings. The summed E-state index contributed by atoms with van der Waals surface area (Å²) in [7, 11) is 0. The number of ether oxygens (including phenoxy) is 1. The molecule has 1 N–H and O–H groups in total. The minimum atomic E-state index is -0.261. The van der Waals surface area contributed by atoms with E-state index in [9.17, 15) is 4.79 Å². The lowest BCUT2D eigenvalue weighted by molar-refractivity contribution is -0.0348. The number of amides is 1. The number of piperidine rings is 3. The Labute approximate surface area is 192 Å². The highest BCUT2D eigenvalue weighted by Crippen LogP contribution is 2.46. The Hall–Kier alpha value is -2.33. The van der Waals surface area contributed by atoms with Gasteiger partial charge >= 0.3 is 6.09 Å². The van der Waals surface area contributed by atoms with Crippen molar-refractivity contribution in [3.8, 4) is 11.1 Å². The number of nitrogens with one attached hydrogen (secondary N) is 1. The highest BCUT2D eigenvalue weighted by molar-refractivity contribution is 5.70. The molecule has 32 heavy (non-hydrogen) atoms. The van der Waals surface area contributed by atoms with Crippen molar-refractivity contribution in [1.82, 2.24) is 10.2 Å². The van der Waals surface area contributed by atoms with E-state index in [0.717, 1.165) is 38.9 Å². The van der Waals surface area contributed by atoms with Gasteiger partial charge in [0, 0.05) is 6.54 Å². The van der Waals surface area contributed by atoms with E-state index in [0.29, 0.717) is 11.8 Å². The van der Waals surface area contributed by atoms with Crippen LogP contribution in [-0.4, -0.2) is 36.7 Å². The van der Waals surface area contributed by atoms with Gasteiger partial charge in [0.15, 0.2) is 0 Å². The molecule has 3 saturated heterocycles. The molecule has 1 aliphatic carbocycles. The van der Waals surface area contributed by atoms with Crippen LogP contribution in [0, 0.1) is 11.3 Å².